The smallest absolute Gasteiger partial charge is 0.408 e. The van der Waals surface area contributed by atoms with Gasteiger partial charge in [0.2, 0.25) is 0 Å². The summed E-state index contributed by atoms with van der Waals surface area (Å²) < 4.78 is 10.9. The number of carbonyl (C=O) groups excluding carboxylic acids is 1. The number of amides is 1. The average Bonchev–Trinajstić information content (AvgIpc) is 3.15. The molecule has 0 aromatic carbocycles. The first-order valence-electron chi connectivity index (χ1n) is 11.5. The van der Waals surface area contributed by atoms with Crippen LogP contribution in [0.3, 0.4) is 0 Å². The molecule has 0 bridgehead atoms. The standard InChI is InChI=1S/C22H43N5O3.HI/c1-7-22(8-2,25-20(28)30-21(3,4)5)17-24-19(23-6)27-10-9-18(16-27)15-26-11-13-29-14-12-26;/h18H,7-17H2,1-6H3,(H,23,24)(H,25,28);1H. The van der Waals surface area contributed by atoms with E-state index < -0.39 is 5.60 Å². The van der Waals surface area contributed by atoms with Gasteiger partial charge in [-0.15, -0.1) is 24.0 Å². The number of halogens is 1. The van der Waals surface area contributed by atoms with E-state index in [1.165, 1.54) is 6.42 Å². The molecule has 2 heterocycles. The molecule has 2 aliphatic rings. The number of nitrogens with one attached hydrogen (secondary N) is 2. The first kappa shape index (κ1) is 28.2. The summed E-state index contributed by atoms with van der Waals surface area (Å²) in [6.07, 6.45) is 2.44. The van der Waals surface area contributed by atoms with Gasteiger partial charge < -0.3 is 25.0 Å². The molecule has 2 rings (SSSR count). The Labute approximate surface area is 205 Å². The van der Waals surface area contributed by atoms with Crippen molar-refractivity contribution >= 4 is 36.0 Å². The number of guanidine groups is 1. The van der Waals surface area contributed by atoms with Crippen LogP contribution in [0, 0.1) is 5.92 Å². The van der Waals surface area contributed by atoms with Crippen LogP contribution >= 0.6 is 24.0 Å². The summed E-state index contributed by atoms with van der Waals surface area (Å²) in [7, 11) is 1.83. The van der Waals surface area contributed by atoms with Crippen molar-refractivity contribution in [1.82, 2.24) is 20.4 Å². The molecule has 0 spiro atoms. The zero-order chi connectivity index (χ0) is 22.2. The van der Waals surface area contributed by atoms with Crippen molar-refractivity contribution in [3.8, 4) is 0 Å². The topological polar surface area (TPSA) is 78.4 Å². The van der Waals surface area contributed by atoms with Crippen LogP contribution < -0.4 is 10.6 Å². The Bertz CT molecular complexity index is 572. The number of alkyl carbamates (subject to hydrolysis) is 1. The number of nitrogens with zero attached hydrogens (tertiary/aromatic N) is 3. The quantitative estimate of drug-likeness (QED) is 0.287. The molecule has 2 N–H and O–H groups in total. The lowest BCUT2D eigenvalue weighted by Crippen LogP contribution is -2.57. The van der Waals surface area contributed by atoms with Crippen LogP contribution in [0.25, 0.3) is 0 Å². The summed E-state index contributed by atoms with van der Waals surface area (Å²) in [5, 5.41) is 6.62. The van der Waals surface area contributed by atoms with E-state index >= 15 is 0 Å². The van der Waals surface area contributed by atoms with Crippen molar-refractivity contribution < 1.29 is 14.3 Å². The van der Waals surface area contributed by atoms with Gasteiger partial charge in [0, 0.05) is 46.3 Å². The molecule has 0 saturated carbocycles. The molecule has 0 aromatic rings. The van der Waals surface area contributed by atoms with E-state index in [0.717, 1.165) is 64.7 Å². The van der Waals surface area contributed by atoms with E-state index in [9.17, 15) is 4.79 Å². The van der Waals surface area contributed by atoms with Gasteiger partial charge in [0.15, 0.2) is 5.96 Å². The monoisotopic (exact) mass is 553 g/mol. The number of ether oxygens (including phenoxy) is 2. The molecular formula is C22H44IN5O3. The lowest BCUT2D eigenvalue weighted by molar-refractivity contribution is 0.0315. The molecule has 2 aliphatic heterocycles. The van der Waals surface area contributed by atoms with Gasteiger partial charge in [-0.3, -0.25) is 9.89 Å². The van der Waals surface area contributed by atoms with E-state index in [-0.39, 0.29) is 35.6 Å². The highest BCUT2D eigenvalue weighted by molar-refractivity contribution is 14.0. The molecule has 1 unspecified atom stereocenters. The predicted molar refractivity (Wildman–Crippen MR) is 136 cm³/mol. The van der Waals surface area contributed by atoms with Crippen molar-refractivity contribution in [2.24, 2.45) is 10.9 Å². The van der Waals surface area contributed by atoms with Crippen LogP contribution in [0.2, 0.25) is 0 Å². The van der Waals surface area contributed by atoms with E-state index in [0.29, 0.717) is 12.5 Å². The Balaban J connectivity index is 0.00000480. The Morgan fingerprint density at radius 2 is 1.81 bits per heavy atom. The van der Waals surface area contributed by atoms with Gasteiger partial charge in [-0.2, -0.15) is 0 Å². The largest absolute Gasteiger partial charge is 0.444 e. The van der Waals surface area contributed by atoms with E-state index in [1.807, 2.05) is 27.8 Å². The fourth-order valence-electron chi connectivity index (χ4n) is 4.14. The third-order valence-corrected chi connectivity index (χ3v) is 6.12. The van der Waals surface area contributed by atoms with Crippen LogP contribution in [0.15, 0.2) is 4.99 Å². The minimum absolute atomic E-state index is 0. The summed E-state index contributed by atoms with van der Waals surface area (Å²) in [6.45, 7) is 17.4. The molecule has 2 fully saturated rings. The second-order valence-corrected chi connectivity index (χ2v) is 9.53. The van der Waals surface area contributed by atoms with Crippen LogP contribution in [0.5, 0.6) is 0 Å². The lowest BCUT2D eigenvalue weighted by atomic mass is 9.93. The van der Waals surface area contributed by atoms with Gasteiger partial charge in [-0.1, -0.05) is 13.8 Å². The number of likely N-dealkylation sites (tertiary alicyclic amines) is 1. The van der Waals surface area contributed by atoms with Crippen molar-refractivity contribution in [2.75, 3.05) is 59.5 Å². The highest BCUT2D eigenvalue weighted by Gasteiger charge is 2.32. The summed E-state index contributed by atoms with van der Waals surface area (Å²) >= 11 is 0. The zero-order valence-corrected chi connectivity index (χ0v) is 22.7. The zero-order valence-electron chi connectivity index (χ0n) is 20.3. The Kier molecular flexibility index (Phi) is 11.9. The summed E-state index contributed by atoms with van der Waals surface area (Å²) in [4.78, 5) is 21.7. The number of rotatable bonds is 7. The Morgan fingerprint density at radius 1 is 1.16 bits per heavy atom. The van der Waals surface area contributed by atoms with Gasteiger partial charge in [-0.25, -0.2) is 4.79 Å². The normalized spacial score (nSPS) is 20.9. The highest BCUT2D eigenvalue weighted by Crippen LogP contribution is 2.20. The van der Waals surface area contributed by atoms with Crippen molar-refractivity contribution in [3.63, 3.8) is 0 Å². The van der Waals surface area contributed by atoms with E-state index in [1.54, 1.807) is 0 Å². The fraction of sp³-hybridized carbons (Fsp3) is 0.909. The number of morpholine rings is 1. The molecule has 0 radical (unpaired) electrons. The highest BCUT2D eigenvalue weighted by atomic mass is 127. The van der Waals surface area contributed by atoms with Crippen molar-refractivity contribution in [1.29, 1.82) is 0 Å². The molecular weight excluding hydrogens is 509 g/mol. The van der Waals surface area contributed by atoms with Crippen molar-refractivity contribution in [3.05, 3.63) is 0 Å². The maximum Gasteiger partial charge on any atom is 0.408 e. The van der Waals surface area contributed by atoms with Crippen molar-refractivity contribution in [2.45, 2.75) is 65.0 Å². The van der Waals surface area contributed by atoms with Gasteiger partial charge in [-0.05, 0) is 46.0 Å². The van der Waals surface area contributed by atoms with Gasteiger partial charge in [0.05, 0.1) is 18.8 Å². The maximum absolute atomic E-state index is 12.4. The van der Waals surface area contributed by atoms with Crippen LogP contribution in [0.1, 0.15) is 53.9 Å². The lowest BCUT2D eigenvalue weighted by Gasteiger charge is -2.35. The first-order valence-corrected chi connectivity index (χ1v) is 11.5. The molecule has 182 valence electrons. The van der Waals surface area contributed by atoms with Crippen LogP contribution in [-0.4, -0.2) is 92.5 Å². The molecule has 2 saturated heterocycles. The van der Waals surface area contributed by atoms with Crippen LogP contribution in [-0.2, 0) is 9.47 Å². The van der Waals surface area contributed by atoms with E-state index in [4.69, 9.17) is 9.47 Å². The first-order chi connectivity index (χ1) is 14.2. The number of hydrogen-bond donors (Lipinski definition) is 2. The molecule has 0 aromatic heterocycles. The van der Waals surface area contributed by atoms with Gasteiger partial charge in [0.25, 0.3) is 0 Å². The molecule has 8 nitrogen and oxygen atoms in total. The molecule has 1 amide bonds. The molecule has 9 heteroatoms. The predicted octanol–water partition coefficient (Wildman–Crippen LogP) is 2.92. The number of carbonyl (C=O) groups is 1. The minimum atomic E-state index is -0.508. The second kappa shape index (κ2) is 13.0. The molecule has 1 atom stereocenters. The summed E-state index contributed by atoms with van der Waals surface area (Å²) in [5.41, 5.74) is -0.878. The van der Waals surface area contributed by atoms with E-state index in [2.05, 4.69) is 39.3 Å². The summed E-state index contributed by atoms with van der Waals surface area (Å²) in [6, 6.07) is 0. The maximum atomic E-state index is 12.4. The number of hydrogen-bond acceptors (Lipinski definition) is 5. The van der Waals surface area contributed by atoms with Crippen LogP contribution in [0.4, 0.5) is 4.79 Å². The Hall–Kier alpha value is -0.810. The fourth-order valence-corrected chi connectivity index (χ4v) is 4.14. The van der Waals surface area contributed by atoms with Gasteiger partial charge in [0.1, 0.15) is 5.60 Å². The average molecular weight is 554 g/mol. The minimum Gasteiger partial charge on any atom is -0.444 e. The number of aliphatic imine (C=N–C) groups is 1. The van der Waals surface area contributed by atoms with Gasteiger partial charge >= 0.3 is 6.09 Å². The molecule has 0 aliphatic carbocycles. The third-order valence-electron chi connectivity index (χ3n) is 6.12. The third kappa shape index (κ3) is 9.29. The Morgan fingerprint density at radius 3 is 2.35 bits per heavy atom. The summed E-state index contributed by atoms with van der Waals surface area (Å²) in [5.74, 6) is 1.57. The molecule has 31 heavy (non-hydrogen) atoms. The second-order valence-electron chi connectivity index (χ2n) is 9.53. The SMILES string of the molecule is CCC(CC)(CNC(=NC)N1CCC(CN2CCOCC2)C1)NC(=O)OC(C)(C)C.I.